The molecule has 2 unspecified atom stereocenters. The number of allylic oxidation sites excluding steroid dienone is 2. The summed E-state index contributed by atoms with van der Waals surface area (Å²) in [5, 5.41) is 0. The van der Waals surface area contributed by atoms with Crippen LogP contribution in [0.1, 0.15) is 46.0 Å². The second kappa shape index (κ2) is 2.97. The molecule has 13 heavy (non-hydrogen) atoms. The number of rotatable bonds is 0. The van der Waals surface area contributed by atoms with Crippen LogP contribution in [-0.4, -0.2) is 5.78 Å². The first-order valence-electron chi connectivity index (χ1n) is 5.38. The molecule has 0 N–H and O–H groups in total. The highest BCUT2D eigenvalue weighted by Crippen LogP contribution is 2.50. The molecule has 0 bridgehead atoms. The van der Waals surface area contributed by atoms with Crippen molar-refractivity contribution >= 4 is 5.78 Å². The van der Waals surface area contributed by atoms with E-state index in [1.807, 2.05) is 0 Å². The Morgan fingerprint density at radius 3 is 2.85 bits per heavy atom. The van der Waals surface area contributed by atoms with Crippen LogP contribution in [0.25, 0.3) is 0 Å². The number of hydrogen-bond acceptors (Lipinski definition) is 1. The minimum atomic E-state index is -0.0295. The number of hydrogen-bond donors (Lipinski definition) is 0. The quantitative estimate of drug-likeness (QED) is 0.521. The Bertz CT molecular complexity index is 264. The highest BCUT2D eigenvalue weighted by Gasteiger charge is 2.47. The van der Waals surface area contributed by atoms with E-state index in [4.69, 9.17) is 0 Å². The lowest BCUT2D eigenvalue weighted by Gasteiger charge is -2.39. The van der Waals surface area contributed by atoms with E-state index in [1.165, 1.54) is 12.0 Å². The molecule has 0 aromatic rings. The Kier molecular flexibility index (Phi) is 2.05. The summed E-state index contributed by atoms with van der Waals surface area (Å²) in [4.78, 5) is 12.0. The second-order valence-electron chi connectivity index (χ2n) is 4.61. The predicted octanol–water partition coefficient (Wildman–Crippen LogP) is 3.10. The standard InChI is InChI=1S/C12H18O/c1-9-5-3-7-11(13)12(9)8-4-6-10(12)2/h6,9H,3-5,7-8H2,1-2H3. The maximum Gasteiger partial charge on any atom is 0.143 e. The van der Waals surface area contributed by atoms with Gasteiger partial charge in [-0.3, -0.25) is 4.79 Å². The Hall–Kier alpha value is -0.590. The van der Waals surface area contributed by atoms with E-state index in [1.54, 1.807) is 0 Å². The third-order valence-corrected chi connectivity index (χ3v) is 4.07. The lowest BCUT2D eigenvalue weighted by Crippen LogP contribution is -2.39. The molecule has 72 valence electrons. The highest BCUT2D eigenvalue weighted by molar-refractivity contribution is 5.89. The summed E-state index contributed by atoms with van der Waals surface area (Å²) >= 11 is 0. The van der Waals surface area contributed by atoms with Crippen LogP contribution >= 0.6 is 0 Å². The van der Waals surface area contributed by atoms with Crippen LogP contribution in [0.2, 0.25) is 0 Å². The van der Waals surface area contributed by atoms with Crippen molar-refractivity contribution in [2.45, 2.75) is 46.0 Å². The van der Waals surface area contributed by atoms with Crippen LogP contribution in [-0.2, 0) is 4.79 Å². The van der Waals surface area contributed by atoms with Gasteiger partial charge < -0.3 is 0 Å². The zero-order valence-corrected chi connectivity index (χ0v) is 8.60. The first-order valence-corrected chi connectivity index (χ1v) is 5.38. The van der Waals surface area contributed by atoms with Gasteiger partial charge in [-0.2, -0.15) is 0 Å². The molecule has 0 aromatic carbocycles. The molecular weight excluding hydrogens is 160 g/mol. The fourth-order valence-electron chi connectivity index (χ4n) is 3.20. The number of carbonyl (C=O) groups excluding carboxylic acids is 1. The molecule has 2 aliphatic carbocycles. The van der Waals surface area contributed by atoms with Gasteiger partial charge in [-0.05, 0) is 38.5 Å². The van der Waals surface area contributed by atoms with E-state index in [-0.39, 0.29) is 5.41 Å². The molecule has 0 heterocycles. The van der Waals surface area contributed by atoms with Crippen molar-refractivity contribution in [3.63, 3.8) is 0 Å². The zero-order chi connectivity index (χ0) is 9.47. The zero-order valence-electron chi connectivity index (χ0n) is 8.60. The average Bonchev–Trinajstić information content (AvgIpc) is 2.45. The van der Waals surface area contributed by atoms with Gasteiger partial charge in [0.05, 0.1) is 5.41 Å². The summed E-state index contributed by atoms with van der Waals surface area (Å²) in [6.07, 6.45) is 7.61. The van der Waals surface area contributed by atoms with Crippen molar-refractivity contribution in [2.24, 2.45) is 11.3 Å². The van der Waals surface area contributed by atoms with Crippen molar-refractivity contribution < 1.29 is 4.79 Å². The van der Waals surface area contributed by atoms with Gasteiger partial charge in [0.15, 0.2) is 0 Å². The lowest BCUT2D eigenvalue weighted by molar-refractivity contribution is -0.131. The van der Waals surface area contributed by atoms with Gasteiger partial charge in [0.25, 0.3) is 0 Å². The predicted molar refractivity (Wildman–Crippen MR) is 53.4 cm³/mol. The average molecular weight is 178 g/mol. The van der Waals surface area contributed by atoms with Crippen LogP contribution in [0.15, 0.2) is 11.6 Å². The summed E-state index contributed by atoms with van der Waals surface area (Å²) in [7, 11) is 0. The normalized spacial score (nSPS) is 39.7. The molecule has 1 spiro atoms. The summed E-state index contributed by atoms with van der Waals surface area (Å²) in [5.41, 5.74) is 1.32. The number of carbonyl (C=O) groups is 1. The van der Waals surface area contributed by atoms with Gasteiger partial charge in [-0.25, -0.2) is 0 Å². The van der Waals surface area contributed by atoms with Gasteiger partial charge in [-0.15, -0.1) is 0 Å². The maximum absolute atomic E-state index is 12.0. The summed E-state index contributed by atoms with van der Waals surface area (Å²) in [5.74, 6) is 1.09. The lowest BCUT2D eigenvalue weighted by atomic mass is 9.63. The maximum atomic E-state index is 12.0. The fraction of sp³-hybridized carbons (Fsp3) is 0.750. The molecule has 1 heteroatoms. The first kappa shape index (κ1) is 8.98. The molecular formula is C12H18O. The van der Waals surface area contributed by atoms with Crippen molar-refractivity contribution in [3.05, 3.63) is 11.6 Å². The molecule has 0 aromatic heterocycles. The van der Waals surface area contributed by atoms with Crippen molar-refractivity contribution in [1.29, 1.82) is 0 Å². The van der Waals surface area contributed by atoms with E-state index >= 15 is 0 Å². The van der Waals surface area contributed by atoms with E-state index < -0.39 is 0 Å². The monoisotopic (exact) mass is 178 g/mol. The molecule has 0 radical (unpaired) electrons. The van der Waals surface area contributed by atoms with Crippen LogP contribution in [0.3, 0.4) is 0 Å². The van der Waals surface area contributed by atoms with E-state index in [0.717, 1.165) is 25.7 Å². The molecule has 0 saturated heterocycles. The minimum Gasteiger partial charge on any atom is -0.299 e. The van der Waals surface area contributed by atoms with Crippen LogP contribution in [0.5, 0.6) is 0 Å². The molecule has 2 atom stereocenters. The first-order chi connectivity index (χ1) is 6.18. The van der Waals surface area contributed by atoms with E-state index in [2.05, 4.69) is 19.9 Å². The summed E-state index contributed by atoms with van der Waals surface area (Å²) in [6.45, 7) is 4.40. The Morgan fingerprint density at radius 1 is 1.54 bits per heavy atom. The smallest absolute Gasteiger partial charge is 0.143 e. The van der Waals surface area contributed by atoms with Crippen molar-refractivity contribution in [3.8, 4) is 0 Å². The van der Waals surface area contributed by atoms with Crippen LogP contribution in [0.4, 0.5) is 0 Å². The van der Waals surface area contributed by atoms with Gasteiger partial charge in [0.2, 0.25) is 0 Å². The Balaban J connectivity index is 2.36. The minimum absolute atomic E-state index is 0.0295. The summed E-state index contributed by atoms with van der Waals surface area (Å²) in [6, 6.07) is 0. The Morgan fingerprint density at radius 2 is 2.31 bits per heavy atom. The Labute approximate surface area is 80.2 Å². The van der Waals surface area contributed by atoms with Gasteiger partial charge >= 0.3 is 0 Å². The molecule has 0 amide bonds. The second-order valence-corrected chi connectivity index (χ2v) is 4.61. The molecule has 1 saturated carbocycles. The molecule has 1 nitrogen and oxygen atoms in total. The fourth-order valence-corrected chi connectivity index (χ4v) is 3.20. The molecule has 1 fully saturated rings. The summed E-state index contributed by atoms with van der Waals surface area (Å²) < 4.78 is 0. The van der Waals surface area contributed by atoms with Gasteiger partial charge in [0, 0.05) is 6.42 Å². The SMILES string of the molecule is CC1=CCCC12C(=O)CCCC2C. The topological polar surface area (TPSA) is 17.1 Å². The van der Waals surface area contributed by atoms with Gasteiger partial charge in [-0.1, -0.05) is 18.6 Å². The third kappa shape index (κ3) is 1.09. The molecule has 2 aliphatic rings. The number of ketones is 1. The van der Waals surface area contributed by atoms with E-state index in [9.17, 15) is 4.79 Å². The number of Topliss-reactive ketones (excluding diaryl/α,β-unsaturated/α-hetero) is 1. The molecule has 0 aliphatic heterocycles. The van der Waals surface area contributed by atoms with Crippen LogP contribution in [0, 0.1) is 11.3 Å². The van der Waals surface area contributed by atoms with Gasteiger partial charge in [0.1, 0.15) is 5.78 Å². The van der Waals surface area contributed by atoms with E-state index in [0.29, 0.717) is 11.7 Å². The third-order valence-electron chi connectivity index (χ3n) is 4.07. The van der Waals surface area contributed by atoms with Crippen molar-refractivity contribution in [2.75, 3.05) is 0 Å². The van der Waals surface area contributed by atoms with Crippen molar-refractivity contribution in [1.82, 2.24) is 0 Å². The van der Waals surface area contributed by atoms with Crippen LogP contribution < -0.4 is 0 Å². The highest BCUT2D eigenvalue weighted by atomic mass is 16.1. The molecule has 2 rings (SSSR count). The largest absolute Gasteiger partial charge is 0.299 e.